The maximum atomic E-state index is 12.4. The van der Waals surface area contributed by atoms with E-state index in [1.807, 2.05) is 6.92 Å². The fraction of sp³-hybridized carbons (Fsp3) is 0.188. The van der Waals surface area contributed by atoms with Gasteiger partial charge in [-0.2, -0.15) is 0 Å². The molecular formula is C16H18N2O5S. The number of anilines is 1. The van der Waals surface area contributed by atoms with Crippen molar-refractivity contribution in [3.63, 3.8) is 0 Å². The van der Waals surface area contributed by atoms with Crippen molar-refractivity contribution < 1.29 is 22.7 Å². The van der Waals surface area contributed by atoms with Gasteiger partial charge in [0.05, 0.1) is 24.3 Å². The molecule has 1 amide bonds. The lowest BCUT2D eigenvalue weighted by Gasteiger charge is -2.13. The number of sulfonamides is 1. The van der Waals surface area contributed by atoms with Gasteiger partial charge >= 0.3 is 0 Å². The van der Waals surface area contributed by atoms with Gasteiger partial charge in [0.2, 0.25) is 5.91 Å². The lowest BCUT2D eigenvalue weighted by Crippen LogP contribution is -2.14. The Morgan fingerprint density at radius 1 is 1.12 bits per heavy atom. The van der Waals surface area contributed by atoms with Crippen LogP contribution in [0.1, 0.15) is 17.3 Å². The first-order valence-corrected chi connectivity index (χ1v) is 8.59. The molecule has 0 unspecified atom stereocenters. The number of methoxy groups -OCH3 is 1. The van der Waals surface area contributed by atoms with Gasteiger partial charge in [0.1, 0.15) is 0 Å². The van der Waals surface area contributed by atoms with Crippen LogP contribution >= 0.6 is 0 Å². The molecule has 0 aromatic heterocycles. The number of amides is 1. The van der Waals surface area contributed by atoms with E-state index in [-0.39, 0.29) is 10.5 Å². The zero-order valence-corrected chi connectivity index (χ0v) is 14.1. The molecule has 7 nitrogen and oxygen atoms in total. The maximum absolute atomic E-state index is 12.4. The minimum atomic E-state index is -3.80. The van der Waals surface area contributed by atoms with E-state index in [0.29, 0.717) is 23.8 Å². The number of nitrogens with two attached hydrogens (primary N) is 1. The highest BCUT2D eigenvalue weighted by atomic mass is 32.2. The average Bonchev–Trinajstić information content (AvgIpc) is 2.56. The summed E-state index contributed by atoms with van der Waals surface area (Å²) < 4.78 is 37.8. The molecule has 24 heavy (non-hydrogen) atoms. The lowest BCUT2D eigenvalue weighted by atomic mass is 10.2. The summed E-state index contributed by atoms with van der Waals surface area (Å²) in [6, 6.07) is 10.1. The van der Waals surface area contributed by atoms with Crippen molar-refractivity contribution in [1.29, 1.82) is 0 Å². The van der Waals surface area contributed by atoms with Crippen molar-refractivity contribution in [1.82, 2.24) is 0 Å². The molecule has 0 fully saturated rings. The fourth-order valence-electron chi connectivity index (χ4n) is 2.02. The van der Waals surface area contributed by atoms with Crippen LogP contribution in [0.5, 0.6) is 11.5 Å². The second kappa shape index (κ2) is 7.22. The van der Waals surface area contributed by atoms with Gasteiger partial charge in [0.15, 0.2) is 11.5 Å². The number of carbonyl (C=O) groups is 1. The summed E-state index contributed by atoms with van der Waals surface area (Å²) >= 11 is 0. The number of carbonyl (C=O) groups excluding carboxylic acids is 1. The maximum Gasteiger partial charge on any atom is 0.261 e. The SMILES string of the molecule is CCOc1ccc(NS(=O)(=O)c2ccc(C(N)=O)cc2)cc1OC. The van der Waals surface area contributed by atoms with Gasteiger partial charge in [0.25, 0.3) is 10.0 Å². The molecule has 0 bridgehead atoms. The summed E-state index contributed by atoms with van der Waals surface area (Å²) in [6.45, 7) is 2.31. The number of hydrogen-bond donors (Lipinski definition) is 2. The van der Waals surface area contributed by atoms with E-state index < -0.39 is 15.9 Å². The fourth-order valence-corrected chi connectivity index (χ4v) is 3.07. The average molecular weight is 350 g/mol. The van der Waals surface area contributed by atoms with Crippen molar-refractivity contribution in [2.24, 2.45) is 5.73 Å². The topological polar surface area (TPSA) is 108 Å². The Labute approximate surface area is 140 Å². The van der Waals surface area contributed by atoms with Crippen LogP contribution in [0.25, 0.3) is 0 Å². The van der Waals surface area contributed by atoms with Crippen molar-refractivity contribution >= 4 is 21.6 Å². The van der Waals surface area contributed by atoms with E-state index in [0.717, 1.165) is 0 Å². The summed E-state index contributed by atoms with van der Waals surface area (Å²) in [5.41, 5.74) is 5.70. The van der Waals surface area contributed by atoms with Gasteiger partial charge in [0, 0.05) is 11.6 Å². The molecule has 3 N–H and O–H groups in total. The van der Waals surface area contributed by atoms with E-state index in [1.165, 1.54) is 37.4 Å². The summed E-state index contributed by atoms with van der Waals surface area (Å²) in [6.07, 6.45) is 0. The van der Waals surface area contributed by atoms with Crippen molar-refractivity contribution in [3.05, 3.63) is 48.0 Å². The first-order valence-electron chi connectivity index (χ1n) is 7.11. The Kier molecular flexibility index (Phi) is 5.30. The van der Waals surface area contributed by atoms with Gasteiger partial charge in [-0.25, -0.2) is 8.42 Å². The third-order valence-electron chi connectivity index (χ3n) is 3.16. The van der Waals surface area contributed by atoms with Crippen LogP contribution in [-0.2, 0) is 10.0 Å². The van der Waals surface area contributed by atoms with Gasteiger partial charge in [-0.15, -0.1) is 0 Å². The van der Waals surface area contributed by atoms with E-state index in [4.69, 9.17) is 15.2 Å². The van der Waals surface area contributed by atoms with Crippen LogP contribution in [0, 0.1) is 0 Å². The molecule has 2 aromatic carbocycles. The van der Waals surface area contributed by atoms with Crippen LogP contribution in [0.4, 0.5) is 5.69 Å². The highest BCUT2D eigenvalue weighted by molar-refractivity contribution is 7.92. The standard InChI is InChI=1S/C16H18N2O5S/c1-3-23-14-9-6-12(10-15(14)22-2)18-24(20,21)13-7-4-11(5-8-13)16(17)19/h4-10,18H,3H2,1-2H3,(H2,17,19). The van der Waals surface area contributed by atoms with Gasteiger partial charge in [-0.1, -0.05) is 0 Å². The largest absolute Gasteiger partial charge is 0.493 e. The number of nitrogens with one attached hydrogen (secondary N) is 1. The quantitative estimate of drug-likeness (QED) is 0.794. The highest BCUT2D eigenvalue weighted by Gasteiger charge is 2.16. The predicted molar refractivity (Wildman–Crippen MR) is 89.9 cm³/mol. The first kappa shape index (κ1) is 17.6. The van der Waals surface area contributed by atoms with Gasteiger partial charge in [-0.3, -0.25) is 9.52 Å². The number of primary amides is 1. The minimum Gasteiger partial charge on any atom is -0.493 e. The summed E-state index contributed by atoms with van der Waals surface area (Å²) in [5, 5.41) is 0. The van der Waals surface area contributed by atoms with Gasteiger partial charge < -0.3 is 15.2 Å². The third-order valence-corrected chi connectivity index (χ3v) is 4.56. The molecule has 0 aliphatic rings. The Hall–Kier alpha value is -2.74. The second-order valence-corrected chi connectivity index (χ2v) is 6.48. The molecule has 0 spiro atoms. The predicted octanol–water partition coefficient (Wildman–Crippen LogP) is 1.99. The smallest absolute Gasteiger partial charge is 0.261 e. The van der Waals surface area contributed by atoms with Crippen LogP contribution in [-0.4, -0.2) is 28.0 Å². The third kappa shape index (κ3) is 3.96. The molecule has 128 valence electrons. The molecule has 0 radical (unpaired) electrons. The molecule has 2 rings (SSSR count). The highest BCUT2D eigenvalue weighted by Crippen LogP contribution is 2.31. The van der Waals surface area contributed by atoms with Crippen LogP contribution < -0.4 is 19.9 Å². The van der Waals surface area contributed by atoms with Crippen LogP contribution in [0.3, 0.4) is 0 Å². The minimum absolute atomic E-state index is 0.0142. The Bertz CT molecular complexity index is 832. The molecule has 0 aliphatic heterocycles. The number of ether oxygens (including phenoxy) is 2. The van der Waals surface area contributed by atoms with Crippen LogP contribution in [0.15, 0.2) is 47.4 Å². The zero-order chi connectivity index (χ0) is 17.7. The number of benzene rings is 2. The summed E-state index contributed by atoms with van der Waals surface area (Å²) in [5.74, 6) is 0.318. The zero-order valence-electron chi connectivity index (χ0n) is 13.3. The van der Waals surface area contributed by atoms with Crippen molar-refractivity contribution in [3.8, 4) is 11.5 Å². The Morgan fingerprint density at radius 2 is 1.79 bits per heavy atom. The summed E-state index contributed by atoms with van der Waals surface area (Å²) in [4.78, 5) is 11.1. The molecular weight excluding hydrogens is 332 g/mol. The second-order valence-electron chi connectivity index (χ2n) is 4.79. The Balaban J connectivity index is 2.27. The Morgan fingerprint density at radius 3 is 2.33 bits per heavy atom. The van der Waals surface area contributed by atoms with E-state index >= 15 is 0 Å². The molecule has 0 heterocycles. The molecule has 0 saturated heterocycles. The van der Waals surface area contributed by atoms with E-state index in [1.54, 1.807) is 12.1 Å². The van der Waals surface area contributed by atoms with Gasteiger partial charge in [-0.05, 0) is 43.3 Å². The first-order chi connectivity index (χ1) is 11.4. The van der Waals surface area contributed by atoms with E-state index in [9.17, 15) is 13.2 Å². The molecule has 0 atom stereocenters. The molecule has 0 aliphatic carbocycles. The van der Waals surface area contributed by atoms with Crippen LogP contribution in [0.2, 0.25) is 0 Å². The normalized spacial score (nSPS) is 10.9. The van der Waals surface area contributed by atoms with Crippen molar-refractivity contribution in [2.75, 3.05) is 18.4 Å². The summed E-state index contributed by atoms with van der Waals surface area (Å²) in [7, 11) is -2.33. The van der Waals surface area contributed by atoms with Crippen molar-refractivity contribution in [2.45, 2.75) is 11.8 Å². The molecule has 2 aromatic rings. The lowest BCUT2D eigenvalue weighted by molar-refractivity contribution is 0.1000. The number of hydrogen-bond acceptors (Lipinski definition) is 5. The van der Waals surface area contributed by atoms with E-state index in [2.05, 4.69) is 4.72 Å². The monoisotopic (exact) mass is 350 g/mol. The molecule has 8 heteroatoms. The number of rotatable bonds is 7. The molecule has 0 saturated carbocycles.